The van der Waals surface area contributed by atoms with Gasteiger partial charge in [0.2, 0.25) is 0 Å². The number of halogens is 3. The standard InChI is InChI=1S/C26H27F3N6O2/c1-15(2)21-5-7-30-24(34-21)17-6-8-35-22(13-31-23(35)11-17)18-9-19(12-20(10-18)37-16(3)4)33-25(36)32-14-26(27,28)29/h5-13,15-16H,14H2,1-4H3,(H2,32,33,36). The number of benzene rings is 1. The molecule has 0 unspecified atom stereocenters. The Balaban J connectivity index is 1.67. The summed E-state index contributed by atoms with van der Waals surface area (Å²) in [5.74, 6) is 1.31. The zero-order chi connectivity index (χ0) is 26.7. The maximum atomic E-state index is 12.5. The number of hydrogen-bond donors (Lipinski definition) is 2. The highest BCUT2D eigenvalue weighted by atomic mass is 19.4. The summed E-state index contributed by atoms with van der Waals surface area (Å²) in [7, 11) is 0. The largest absolute Gasteiger partial charge is 0.491 e. The number of carbonyl (C=O) groups excluding carboxylic acids is 1. The normalized spacial score (nSPS) is 11.8. The zero-order valence-corrected chi connectivity index (χ0v) is 20.8. The zero-order valence-electron chi connectivity index (χ0n) is 20.8. The van der Waals surface area contributed by atoms with E-state index < -0.39 is 18.8 Å². The van der Waals surface area contributed by atoms with Crippen LogP contribution < -0.4 is 15.4 Å². The predicted octanol–water partition coefficient (Wildman–Crippen LogP) is 6.05. The predicted molar refractivity (Wildman–Crippen MR) is 135 cm³/mol. The number of aromatic nitrogens is 4. The van der Waals surface area contributed by atoms with Gasteiger partial charge in [0.1, 0.15) is 17.9 Å². The Morgan fingerprint density at radius 2 is 1.84 bits per heavy atom. The molecule has 0 radical (unpaired) electrons. The number of fused-ring (bicyclic) bond motifs is 1. The second kappa shape index (κ2) is 10.5. The minimum atomic E-state index is -4.51. The Hall–Kier alpha value is -4.15. The molecule has 0 fully saturated rings. The van der Waals surface area contributed by atoms with Crippen LogP contribution >= 0.6 is 0 Å². The molecular weight excluding hydrogens is 485 g/mol. The number of nitrogens with one attached hydrogen (secondary N) is 2. The summed E-state index contributed by atoms with van der Waals surface area (Å²) >= 11 is 0. The number of imidazole rings is 1. The van der Waals surface area contributed by atoms with E-state index >= 15 is 0 Å². The van der Waals surface area contributed by atoms with Crippen LogP contribution in [-0.4, -0.2) is 44.2 Å². The van der Waals surface area contributed by atoms with E-state index in [0.29, 0.717) is 28.5 Å². The van der Waals surface area contributed by atoms with Gasteiger partial charge in [-0.15, -0.1) is 0 Å². The summed E-state index contributed by atoms with van der Waals surface area (Å²) in [6.45, 7) is 6.39. The molecule has 0 aliphatic carbocycles. The van der Waals surface area contributed by atoms with Gasteiger partial charge in [0.15, 0.2) is 5.82 Å². The summed E-state index contributed by atoms with van der Waals surface area (Å²) < 4.78 is 45.1. The van der Waals surface area contributed by atoms with Crippen molar-refractivity contribution in [2.24, 2.45) is 0 Å². The van der Waals surface area contributed by atoms with Crippen LogP contribution in [0.2, 0.25) is 0 Å². The van der Waals surface area contributed by atoms with Crippen molar-refractivity contribution in [1.82, 2.24) is 24.7 Å². The van der Waals surface area contributed by atoms with Crippen LogP contribution in [0.15, 0.2) is 55.0 Å². The van der Waals surface area contributed by atoms with Gasteiger partial charge < -0.3 is 15.4 Å². The third-order valence-electron chi connectivity index (χ3n) is 5.32. The first-order valence-electron chi connectivity index (χ1n) is 11.7. The molecule has 0 saturated heterocycles. The number of ether oxygens (including phenoxy) is 1. The van der Waals surface area contributed by atoms with Crippen LogP contribution in [0.1, 0.15) is 39.3 Å². The lowest BCUT2D eigenvalue weighted by molar-refractivity contribution is -0.122. The molecule has 0 aliphatic heterocycles. The lowest BCUT2D eigenvalue weighted by atomic mass is 10.1. The van der Waals surface area contributed by atoms with Crippen LogP contribution in [0.5, 0.6) is 5.75 Å². The van der Waals surface area contributed by atoms with Gasteiger partial charge in [0.25, 0.3) is 0 Å². The average Bonchev–Trinajstić information content (AvgIpc) is 3.25. The fraction of sp³-hybridized carbons (Fsp3) is 0.308. The highest BCUT2D eigenvalue weighted by Crippen LogP contribution is 2.31. The van der Waals surface area contributed by atoms with E-state index in [9.17, 15) is 18.0 Å². The molecule has 3 heterocycles. The first kappa shape index (κ1) is 25.9. The molecule has 1 aromatic carbocycles. The Bertz CT molecular complexity index is 1420. The Morgan fingerprint density at radius 3 is 2.54 bits per heavy atom. The molecule has 0 saturated carbocycles. The van der Waals surface area contributed by atoms with Gasteiger partial charge in [-0.25, -0.2) is 19.7 Å². The molecule has 0 spiro atoms. The van der Waals surface area contributed by atoms with Crippen molar-refractivity contribution in [2.75, 3.05) is 11.9 Å². The van der Waals surface area contributed by atoms with Gasteiger partial charge in [-0.2, -0.15) is 13.2 Å². The highest BCUT2D eigenvalue weighted by Gasteiger charge is 2.27. The summed E-state index contributed by atoms with van der Waals surface area (Å²) in [4.78, 5) is 25.6. The van der Waals surface area contributed by atoms with Crippen molar-refractivity contribution < 1.29 is 22.7 Å². The molecule has 37 heavy (non-hydrogen) atoms. The topological polar surface area (TPSA) is 93.4 Å². The molecule has 194 valence electrons. The number of carbonyl (C=O) groups is 1. The van der Waals surface area contributed by atoms with Crippen LogP contribution in [-0.2, 0) is 0 Å². The molecular formula is C26H27F3N6O2. The molecule has 2 amide bonds. The average molecular weight is 513 g/mol. The van der Waals surface area contributed by atoms with E-state index in [0.717, 1.165) is 11.3 Å². The van der Waals surface area contributed by atoms with Crippen molar-refractivity contribution in [3.05, 3.63) is 60.7 Å². The highest BCUT2D eigenvalue weighted by molar-refractivity contribution is 5.90. The third kappa shape index (κ3) is 6.54. The van der Waals surface area contributed by atoms with Crippen molar-refractivity contribution in [2.45, 2.75) is 45.9 Å². The number of amides is 2. The number of anilines is 1. The smallest absolute Gasteiger partial charge is 0.405 e. The molecule has 11 heteroatoms. The summed E-state index contributed by atoms with van der Waals surface area (Å²) in [5.41, 5.74) is 4.04. The van der Waals surface area contributed by atoms with Crippen LogP contribution in [0.4, 0.5) is 23.7 Å². The lowest BCUT2D eigenvalue weighted by Crippen LogP contribution is -2.36. The van der Waals surface area contributed by atoms with Gasteiger partial charge >= 0.3 is 12.2 Å². The van der Waals surface area contributed by atoms with Crippen molar-refractivity contribution in [3.63, 3.8) is 0 Å². The number of pyridine rings is 1. The Morgan fingerprint density at radius 1 is 1.05 bits per heavy atom. The van der Waals surface area contributed by atoms with Crippen LogP contribution in [0, 0.1) is 0 Å². The maximum absolute atomic E-state index is 12.5. The van der Waals surface area contributed by atoms with Gasteiger partial charge in [0, 0.05) is 41.0 Å². The van der Waals surface area contributed by atoms with Crippen molar-refractivity contribution in [1.29, 1.82) is 0 Å². The van der Waals surface area contributed by atoms with Crippen molar-refractivity contribution >= 4 is 17.4 Å². The quantitative estimate of drug-likeness (QED) is 0.314. The SMILES string of the molecule is CC(C)Oc1cc(NC(=O)NCC(F)(F)F)cc(-c2cnc3cc(-c4nccc(C(C)C)n4)ccn23)c1. The van der Waals surface area contributed by atoms with E-state index in [1.807, 2.05) is 42.6 Å². The van der Waals surface area contributed by atoms with Crippen LogP contribution in [0.3, 0.4) is 0 Å². The number of rotatable bonds is 7. The minimum absolute atomic E-state index is 0.159. The monoisotopic (exact) mass is 512 g/mol. The molecule has 4 aromatic rings. The lowest BCUT2D eigenvalue weighted by Gasteiger charge is -2.15. The van der Waals surface area contributed by atoms with Crippen molar-refractivity contribution in [3.8, 4) is 28.4 Å². The molecule has 0 bridgehead atoms. The fourth-order valence-corrected chi connectivity index (χ4v) is 3.68. The van der Waals surface area contributed by atoms with Gasteiger partial charge in [-0.1, -0.05) is 13.8 Å². The van der Waals surface area contributed by atoms with E-state index in [1.165, 1.54) is 0 Å². The van der Waals surface area contributed by atoms with E-state index in [2.05, 4.69) is 34.1 Å². The molecule has 4 rings (SSSR count). The summed E-state index contributed by atoms with van der Waals surface area (Å²) in [6.07, 6.45) is 0.581. The Labute approximate surface area is 211 Å². The summed E-state index contributed by atoms with van der Waals surface area (Å²) in [6, 6.07) is 9.66. The first-order valence-corrected chi connectivity index (χ1v) is 11.7. The van der Waals surface area contributed by atoms with E-state index in [1.54, 1.807) is 35.9 Å². The maximum Gasteiger partial charge on any atom is 0.405 e. The fourth-order valence-electron chi connectivity index (χ4n) is 3.68. The second-order valence-electron chi connectivity index (χ2n) is 9.08. The molecule has 2 N–H and O–H groups in total. The Kier molecular flexibility index (Phi) is 7.33. The molecule has 3 aromatic heterocycles. The van der Waals surface area contributed by atoms with Gasteiger partial charge in [0.05, 0.1) is 18.0 Å². The van der Waals surface area contributed by atoms with Crippen LogP contribution in [0.25, 0.3) is 28.3 Å². The number of alkyl halides is 3. The second-order valence-corrected chi connectivity index (χ2v) is 9.08. The molecule has 0 atom stereocenters. The van der Waals surface area contributed by atoms with E-state index in [4.69, 9.17) is 4.74 Å². The molecule has 0 aliphatic rings. The number of nitrogens with zero attached hydrogens (tertiary/aromatic N) is 4. The minimum Gasteiger partial charge on any atom is -0.491 e. The van der Waals surface area contributed by atoms with Gasteiger partial charge in [-0.3, -0.25) is 4.40 Å². The third-order valence-corrected chi connectivity index (χ3v) is 5.32. The van der Waals surface area contributed by atoms with Gasteiger partial charge in [-0.05, 0) is 50.1 Å². The summed E-state index contributed by atoms with van der Waals surface area (Å²) in [5, 5.41) is 4.25. The first-order chi connectivity index (χ1) is 17.5. The number of urea groups is 1. The van der Waals surface area contributed by atoms with E-state index in [-0.39, 0.29) is 17.7 Å². The molecule has 8 nitrogen and oxygen atoms in total. The number of hydrogen-bond acceptors (Lipinski definition) is 5.